The maximum absolute atomic E-state index is 12.2. The van der Waals surface area contributed by atoms with Crippen molar-refractivity contribution in [3.8, 4) is 6.07 Å². The van der Waals surface area contributed by atoms with Crippen LogP contribution < -0.4 is 16.5 Å². The lowest BCUT2D eigenvalue weighted by molar-refractivity contribution is -0.139. The molecule has 190 valence electrons. The number of hydrogen-bond acceptors (Lipinski definition) is 9. The topological polar surface area (TPSA) is 151 Å². The molecular formula is C24H30BN5O6. The minimum atomic E-state index is -0.660. The summed E-state index contributed by atoms with van der Waals surface area (Å²) in [5.74, 6) is -1.12. The van der Waals surface area contributed by atoms with Crippen molar-refractivity contribution in [1.82, 2.24) is 9.78 Å². The monoisotopic (exact) mass is 495 g/mol. The zero-order chi connectivity index (χ0) is 25.9. The number of esters is 1. The first kappa shape index (κ1) is 25.7. The number of nitrogens with two attached hydrogens (primary N) is 1. The highest BCUT2D eigenvalue weighted by Gasteiger charge is 2.35. The number of benzene rings is 1. The normalized spacial score (nSPS) is 21.4. The molecule has 0 bridgehead atoms. The van der Waals surface area contributed by atoms with Crippen molar-refractivity contribution in [3.63, 3.8) is 0 Å². The number of primary amides is 1. The van der Waals surface area contributed by atoms with E-state index in [1.807, 2.05) is 6.07 Å². The van der Waals surface area contributed by atoms with E-state index in [4.69, 9.17) is 24.5 Å². The van der Waals surface area contributed by atoms with Crippen LogP contribution in [0, 0.1) is 22.7 Å². The molecule has 36 heavy (non-hydrogen) atoms. The number of ether oxygens (including phenoxy) is 2. The van der Waals surface area contributed by atoms with Crippen molar-refractivity contribution in [2.24, 2.45) is 17.1 Å². The van der Waals surface area contributed by atoms with E-state index in [-0.39, 0.29) is 35.2 Å². The van der Waals surface area contributed by atoms with Gasteiger partial charge in [0, 0.05) is 37.1 Å². The van der Waals surface area contributed by atoms with Crippen LogP contribution >= 0.6 is 0 Å². The number of amides is 1. The third-order valence-electron chi connectivity index (χ3n) is 6.30. The lowest BCUT2D eigenvalue weighted by atomic mass is 9.72. The highest BCUT2D eigenvalue weighted by Crippen LogP contribution is 2.29. The van der Waals surface area contributed by atoms with Crippen LogP contribution in [0.2, 0.25) is 0 Å². The van der Waals surface area contributed by atoms with Gasteiger partial charge in [-0.2, -0.15) is 10.4 Å². The van der Waals surface area contributed by atoms with Gasteiger partial charge in [0.05, 0.1) is 38.2 Å². The average molecular weight is 495 g/mol. The molecule has 3 heterocycles. The summed E-state index contributed by atoms with van der Waals surface area (Å²) in [4.78, 5) is 24.3. The third-order valence-corrected chi connectivity index (χ3v) is 6.30. The van der Waals surface area contributed by atoms with Crippen LogP contribution in [0.25, 0.3) is 0 Å². The number of hydrogen-bond donors (Lipinski definition) is 2. The van der Waals surface area contributed by atoms with E-state index in [9.17, 15) is 14.9 Å². The quantitative estimate of drug-likeness (QED) is 0.428. The van der Waals surface area contributed by atoms with Gasteiger partial charge in [0.1, 0.15) is 5.56 Å². The summed E-state index contributed by atoms with van der Waals surface area (Å²) in [7, 11) is 0.719. The van der Waals surface area contributed by atoms with Crippen molar-refractivity contribution in [3.05, 3.63) is 35.5 Å². The summed E-state index contributed by atoms with van der Waals surface area (Å²) < 4.78 is 23.8. The van der Waals surface area contributed by atoms with Crippen LogP contribution in [0.5, 0.6) is 0 Å². The van der Waals surface area contributed by atoms with E-state index in [0.717, 1.165) is 5.46 Å². The van der Waals surface area contributed by atoms with Crippen molar-refractivity contribution in [1.29, 1.82) is 5.26 Å². The van der Waals surface area contributed by atoms with Gasteiger partial charge in [-0.25, -0.2) is 0 Å². The minimum Gasteiger partial charge on any atom is -0.469 e. The Balaban J connectivity index is 1.63. The molecule has 11 nitrogen and oxygen atoms in total. The predicted octanol–water partition coefficient (Wildman–Crippen LogP) is 1.31. The number of nitrogens with one attached hydrogen (secondary N) is 1. The second kappa shape index (κ2) is 10.7. The van der Waals surface area contributed by atoms with E-state index in [2.05, 4.69) is 30.3 Å². The van der Waals surface area contributed by atoms with Crippen LogP contribution in [0.1, 0.15) is 42.2 Å². The molecule has 1 unspecified atom stereocenters. The van der Waals surface area contributed by atoms with Crippen LogP contribution in [0.3, 0.4) is 0 Å². The van der Waals surface area contributed by atoms with Crippen LogP contribution in [-0.2, 0) is 30.0 Å². The molecular weight excluding hydrogens is 465 g/mol. The molecule has 1 aromatic carbocycles. The first-order valence-corrected chi connectivity index (χ1v) is 11.8. The zero-order valence-electron chi connectivity index (χ0n) is 20.7. The largest absolute Gasteiger partial charge is 0.494 e. The summed E-state index contributed by atoms with van der Waals surface area (Å²) >= 11 is 0. The molecule has 2 atom stereocenters. The first-order valence-electron chi connectivity index (χ1n) is 11.8. The number of nitriles is 1. The molecule has 2 aliphatic rings. The number of carbonyl (C=O) groups is 2. The summed E-state index contributed by atoms with van der Waals surface area (Å²) in [5.41, 5.74) is 7.65. The second-order valence-electron chi connectivity index (χ2n) is 9.81. The Morgan fingerprint density at radius 1 is 1.36 bits per heavy atom. The molecule has 0 radical (unpaired) electrons. The summed E-state index contributed by atoms with van der Waals surface area (Å²) in [6.07, 6.45) is 2.12. The summed E-state index contributed by atoms with van der Waals surface area (Å²) in [5, 5.41) is 17.2. The van der Waals surface area contributed by atoms with Gasteiger partial charge < -0.3 is 29.8 Å². The minimum absolute atomic E-state index is 0.00828. The maximum atomic E-state index is 12.2. The lowest BCUT2D eigenvalue weighted by Gasteiger charge is -2.33. The maximum Gasteiger partial charge on any atom is 0.494 e. The van der Waals surface area contributed by atoms with Gasteiger partial charge in [-0.05, 0) is 29.6 Å². The molecule has 2 fully saturated rings. The smallest absolute Gasteiger partial charge is 0.469 e. The Hall–Kier alpha value is -3.40. The van der Waals surface area contributed by atoms with E-state index in [1.54, 1.807) is 16.8 Å². The molecule has 2 saturated heterocycles. The highest BCUT2D eigenvalue weighted by molar-refractivity contribution is 6.62. The summed E-state index contributed by atoms with van der Waals surface area (Å²) in [6, 6.07) is 7.32. The number of carbonyl (C=O) groups excluding carboxylic acids is 2. The van der Waals surface area contributed by atoms with Gasteiger partial charge in [0.15, 0.2) is 5.82 Å². The third kappa shape index (κ3) is 5.70. The number of methoxy groups -OCH3 is 1. The van der Waals surface area contributed by atoms with E-state index in [0.29, 0.717) is 44.1 Å². The second-order valence-corrected chi connectivity index (χ2v) is 9.81. The number of rotatable bonds is 7. The molecule has 3 N–H and O–H groups in total. The van der Waals surface area contributed by atoms with Crippen molar-refractivity contribution in [2.45, 2.75) is 32.7 Å². The predicted molar refractivity (Wildman–Crippen MR) is 131 cm³/mol. The van der Waals surface area contributed by atoms with Crippen LogP contribution in [-0.4, -0.2) is 62.3 Å². The molecule has 1 aromatic heterocycles. The van der Waals surface area contributed by atoms with Gasteiger partial charge in [0.25, 0.3) is 5.91 Å². The Morgan fingerprint density at radius 3 is 2.78 bits per heavy atom. The lowest BCUT2D eigenvalue weighted by Crippen LogP contribution is -2.48. The van der Waals surface area contributed by atoms with Crippen LogP contribution in [0.15, 0.2) is 24.4 Å². The van der Waals surface area contributed by atoms with E-state index < -0.39 is 19.0 Å². The van der Waals surface area contributed by atoms with Crippen molar-refractivity contribution >= 4 is 36.0 Å². The number of anilines is 2. The fraction of sp³-hybridized carbons (Fsp3) is 0.500. The number of aromatic nitrogens is 2. The SMILES string of the molecule is COC(=O)Cc1cc(Nc2nn([C@H]3COCCC3C#N)cc2C(N)=O)ccc1B1OCC(C)(C)CO1. The molecule has 0 spiro atoms. The van der Waals surface area contributed by atoms with Gasteiger partial charge in [-0.3, -0.25) is 14.3 Å². The standard InChI is InChI=1S/C24H30BN5O6/c1-24(2)13-35-25(36-14-24)19-5-4-17(8-16(19)9-21(31)33-3)28-23-18(22(27)32)11-30(29-23)20-12-34-7-6-15(20)10-26/h4-5,8,11,15,20H,6-7,9,12-14H2,1-3H3,(H2,27,32)(H,28,29)/t15?,20-/m0/s1. The molecule has 1 amide bonds. The van der Waals surface area contributed by atoms with Crippen LogP contribution in [0.4, 0.5) is 11.5 Å². The Bertz CT molecular complexity index is 1170. The summed E-state index contributed by atoms with van der Waals surface area (Å²) in [6.45, 7) is 5.96. The Kier molecular flexibility index (Phi) is 7.63. The van der Waals surface area contributed by atoms with Gasteiger partial charge in [-0.15, -0.1) is 0 Å². The van der Waals surface area contributed by atoms with Gasteiger partial charge >= 0.3 is 13.1 Å². The van der Waals surface area contributed by atoms with Crippen molar-refractivity contribution < 1.29 is 28.4 Å². The first-order chi connectivity index (χ1) is 17.2. The molecule has 0 aliphatic carbocycles. The average Bonchev–Trinajstić information content (AvgIpc) is 3.28. The fourth-order valence-electron chi connectivity index (χ4n) is 4.27. The molecule has 4 rings (SSSR count). The zero-order valence-corrected chi connectivity index (χ0v) is 20.7. The highest BCUT2D eigenvalue weighted by atomic mass is 16.6. The molecule has 2 aromatic rings. The van der Waals surface area contributed by atoms with E-state index in [1.165, 1.54) is 13.3 Å². The number of nitrogens with zero attached hydrogens (tertiary/aromatic N) is 3. The Morgan fingerprint density at radius 2 is 2.11 bits per heavy atom. The molecule has 12 heteroatoms. The van der Waals surface area contributed by atoms with Gasteiger partial charge in [-0.1, -0.05) is 19.9 Å². The Labute approximate surface area is 210 Å². The van der Waals surface area contributed by atoms with Gasteiger partial charge in [0.2, 0.25) is 0 Å². The van der Waals surface area contributed by atoms with E-state index >= 15 is 0 Å². The molecule has 0 saturated carbocycles. The van der Waals surface area contributed by atoms with Crippen molar-refractivity contribution in [2.75, 3.05) is 38.9 Å². The molecule has 2 aliphatic heterocycles. The fourth-order valence-corrected chi connectivity index (χ4v) is 4.27.